The number of benzene rings is 22. The summed E-state index contributed by atoms with van der Waals surface area (Å²) in [7, 11) is 0. The molecule has 10 aromatic heterocycles. The molecule has 0 spiro atoms. The molecule has 0 fully saturated rings. The van der Waals surface area contributed by atoms with Crippen molar-refractivity contribution in [2.24, 2.45) is 0 Å². The summed E-state index contributed by atoms with van der Waals surface area (Å²) >= 11 is 3.76. The summed E-state index contributed by atoms with van der Waals surface area (Å²) in [4.78, 5) is 10.5. The fourth-order valence-corrected chi connectivity index (χ4v) is 25.3. The molecule has 22 aromatic carbocycles. The fraction of sp³-hybridized carbons (Fsp3) is 0. The van der Waals surface area contributed by atoms with Crippen molar-refractivity contribution >= 4 is 248 Å². The Balaban J connectivity index is 0.0000000993. The molecule has 32 aromatic rings. The molecule has 141 heavy (non-hydrogen) atoms. The molecule has 0 aliphatic carbocycles. The Hall–Kier alpha value is -18.3. The van der Waals surface area contributed by atoms with E-state index in [0.717, 1.165) is 82.6 Å². The number of nitrogens with zero attached hydrogens (tertiary/aromatic N) is 8. The number of hydrogen-bond acceptors (Lipinski definition) is 5. The van der Waals surface area contributed by atoms with Gasteiger partial charge in [0.1, 0.15) is 11.2 Å². The fourth-order valence-electron chi connectivity index (χ4n) is 23.1. The number of thiophene rings is 2. The highest BCUT2D eigenvalue weighted by molar-refractivity contribution is 7.26. The number of hydrogen-bond donors (Lipinski definition) is 0. The van der Waals surface area contributed by atoms with Gasteiger partial charge in [-0.1, -0.05) is 303 Å². The molecule has 11 heteroatoms. The topological polar surface area (TPSA) is 68.5 Å². The SMILES string of the molecule is c1ccc(-c2cccc(-n3c4cc5sc6ccccc6c5cc4c4cc5c6ccccc6n(-c6ccccc6)c5cc43)c2)cc1.c1ccc(-c2nc(-n3c4ccccc4c4cc5c6cc7c(cc6n(-c6ccccc6)c5cc43)oc3ccccc37)nc3ccccc23)cc1.c1ccc(-n2c3cc4sc5ccccc5c4cc3c3cc4c5ccccc5n(-c5cc6ccccc6c6ccccc56)c4cc32)cc1. The Labute approximate surface area is 813 Å². The highest BCUT2D eigenvalue weighted by Gasteiger charge is 2.28. The van der Waals surface area contributed by atoms with Crippen LogP contribution in [-0.4, -0.2) is 37.4 Å². The van der Waals surface area contributed by atoms with Gasteiger partial charge in [-0.05, 0) is 191 Å². The van der Waals surface area contributed by atoms with Crippen LogP contribution < -0.4 is 0 Å². The average Bonchev–Trinajstić information content (AvgIpc) is 1.59. The molecule has 0 bridgehead atoms. The number of fused-ring (bicyclic) bond motifs is 31. The Morgan fingerprint density at radius 2 is 0.525 bits per heavy atom. The molecule has 0 saturated carbocycles. The van der Waals surface area contributed by atoms with Crippen LogP contribution in [0.1, 0.15) is 0 Å². The smallest absolute Gasteiger partial charge is 0.235 e. The first kappa shape index (κ1) is 79.0. The zero-order valence-electron chi connectivity index (χ0n) is 75.8. The Morgan fingerprint density at radius 3 is 1.07 bits per heavy atom. The molecule has 10 heterocycles. The third-order valence-corrected chi connectivity index (χ3v) is 31.5. The molecule has 0 N–H and O–H groups in total. The van der Waals surface area contributed by atoms with Crippen LogP contribution in [0.4, 0.5) is 0 Å². The lowest BCUT2D eigenvalue weighted by molar-refractivity contribution is 0.669. The third kappa shape index (κ3) is 12.2. The lowest BCUT2D eigenvalue weighted by Gasteiger charge is -2.14. The minimum Gasteiger partial charge on any atom is -0.456 e. The Morgan fingerprint density at radius 1 is 0.170 bits per heavy atom. The van der Waals surface area contributed by atoms with Crippen LogP contribution in [0.15, 0.2) is 478 Å². The number of rotatable bonds is 8. The van der Waals surface area contributed by atoms with Crippen LogP contribution >= 0.6 is 22.7 Å². The molecular formula is C130H78N8OS2. The van der Waals surface area contributed by atoms with Gasteiger partial charge in [0.15, 0.2) is 0 Å². The van der Waals surface area contributed by atoms with Crippen molar-refractivity contribution in [2.75, 3.05) is 0 Å². The minimum atomic E-state index is 0.648. The molecule has 0 atom stereocenters. The zero-order valence-corrected chi connectivity index (χ0v) is 77.5. The Bertz CT molecular complexity index is 10900. The van der Waals surface area contributed by atoms with Crippen molar-refractivity contribution in [1.82, 2.24) is 37.4 Å². The maximum absolute atomic E-state index is 6.39. The van der Waals surface area contributed by atoms with Gasteiger partial charge in [-0.2, -0.15) is 0 Å². The van der Waals surface area contributed by atoms with Crippen molar-refractivity contribution < 1.29 is 4.42 Å². The van der Waals surface area contributed by atoms with E-state index in [2.05, 4.69) is 476 Å². The second kappa shape index (κ2) is 31.1. The van der Waals surface area contributed by atoms with Crippen molar-refractivity contribution in [3.8, 4) is 56.8 Å². The van der Waals surface area contributed by atoms with Gasteiger partial charge in [-0.25, -0.2) is 9.97 Å². The van der Waals surface area contributed by atoms with E-state index in [1.54, 1.807) is 0 Å². The molecule has 0 aliphatic rings. The van der Waals surface area contributed by atoms with Crippen molar-refractivity contribution in [3.63, 3.8) is 0 Å². The van der Waals surface area contributed by atoms with Crippen LogP contribution in [0.5, 0.6) is 0 Å². The molecule has 0 amide bonds. The van der Waals surface area contributed by atoms with E-state index < -0.39 is 0 Å². The third-order valence-electron chi connectivity index (χ3n) is 29.3. The van der Waals surface area contributed by atoms with Gasteiger partial charge in [0.2, 0.25) is 5.95 Å². The normalized spacial score (nSPS) is 12.1. The van der Waals surface area contributed by atoms with Gasteiger partial charge in [-0.3, -0.25) is 4.57 Å². The van der Waals surface area contributed by atoms with E-state index in [4.69, 9.17) is 14.4 Å². The van der Waals surface area contributed by atoms with E-state index in [0.29, 0.717) is 5.95 Å². The largest absolute Gasteiger partial charge is 0.456 e. The van der Waals surface area contributed by atoms with Crippen LogP contribution in [0.2, 0.25) is 0 Å². The monoisotopic (exact) mass is 1830 g/mol. The van der Waals surface area contributed by atoms with Gasteiger partial charge in [0.25, 0.3) is 0 Å². The lowest BCUT2D eigenvalue weighted by atomic mass is 10.00. The molecule has 9 nitrogen and oxygen atoms in total. The van der Waals surface area contributed by atoms with E-state index in [-0.39, 0.29) is 0 Å². The molecule has 656 valence electrons. The number of para-hydroxylation sites is 8. The van der Waals surface area contributed by atoms with E-state index in [1.165, 1.54) is 194 Å². The summed E-state index contributed by atoms with van der Waals surface area (Å²) in [5, 5.41) is 28.5. The highest BCUT2D eigenvalue weighted by Crippen LogP contribution is 2.50. The first-order chi connectivity index (χ1) is 69.9. The van der Waals surface area contributed by atoms with Crippen molar-refractivity contribution in [3.05, 3.63) is 473 Å². The summed E-state index contributed by atoms with van der Waals surface area (Å²) in [6.07, 6.45) is 0. The van der Waals surface area contributed by atoms with Crippen LogP contribution in [0.25, 0.3) is 282 Å². The van der Waals surface area contributed by atoms with Crippen LogP contribution in [0.3, 0.4) is 0 Å². The predicted molar refractivity (Wildman–Crippen MR) is 597 cm³/mol. The highest BCUT2D eigenvalue weighted by atomic mass is 32.1. The molecule has 0 radical (unpaired) electrons. The second-order valence-electron chi connectivity index (χ2n) is 37.0. The maximum Gasteiger partial charge on any atom is 0.235 e. The van der Waals surface area contributed by atoms with Crippen LogP contribution in [0, 0.1) is 0 Å². The Kier molecular flexibility index (Phi) is 17.4. The molecule has 0 aliphatic heterocycles. The first-order valence-corrected chi connectivity index (χ1v) is 49.6. The molecule has 0 unspecified atom stereocenters. The number of furan rings is 1. The summed E-state index contributed by atoms with van der Waals surface area (Å²) < 4.78 is 26.1. The quantitative estimate of drug-likeness (QED) is 0.142. The second-order valence-corrected chi connectivity index (χ2v) is 39.1. The van der Waals surface area contributed by atoms with Gasteiger partial charge in [0, 0.05) is 161 Å². The average molecular weight is 1830 g/mol. The minimum absolute atomic E-state index is 0.648. The van der Waals surface area contributed by atoms with Gasteiger partial charge in [0.05, 0.1) is 83.1 Å². The summed E-state index contributed by atoms with van der Waals surface area (Å²) in [6, 6.07) is 171. The van der Waals surface area contributed by atoms with E-state index in [9.17, 15) is 0 Å². The van der Waals surface area contributed by atoms with Gasteiger partial charge < -0.3 is 27.3 Å². The molecule has 0 saturated heterocycles. The maximum atomic E-state index is 6.39. The van der Waals surface area contributed by atoms with E-state index >= 15 is 0 Å². The lowest BCUT2D eigenvalue weighted by Crippen LogP contribution is -2.03. The molecular weight excluding hydrogens is 1750 g/mol. The zero-order chi connectivity index (χ0) is 92.2. The summed E-state index contributed by atoms with van der Waals surface area (Å²) in [5.41, 5.74) is 27.0. The molecule has 32 rings (SSSR count). The summed E-state index contributed by atoms with van der Waals surface area (Å²) in [6.45, 7) is 0. The van der Waals surface area contributed by atoms with Crippen molar-refractivity contribution in [2.45, 2.75) is 0 Å². The van der Waals surface area contributed by atoms with Crippen molar-refractivity contribution in [1.29, 1.82) is 0 Å². The first-order valence-electron chi connectivity index (χ1n) is 48.0. The standard InChI is InChI=1S/C44H26N4O.C44H26N2S.C42H26N2S/c1-3-13-27(14-4-1)43-31-19-7-10-20-36(31)45-44(46-43)48-37-21-11-8-17-29(37)32-23-33-34-24-35-30-18-9-12-22-41(30)49-42(35)26-40(34)47(38(33)25-39(32)48)28-15-5-2-6-16-28;1-2-13-28(14-3-1)45-40-25-41-34(23-35(40)36-24-37-33-19-9-11-21-43(33)47-44(37)26-42(36)45)32-18-8-10-20-38(32)46(41)39-22-27-12-4-5-15-29(27)30-16-6-7-17-31(30)39;1-3-12-27(13-4-1)28-14-11-17-30(22-28)44-39-25-38-33(31-18-7-9-20-37(31)43(38)29-15-5-2-6-16-29)23-34(39)35-24-36-32-19-8-10-21-41(32)45-42(36)26-40(35)44/h1-26H;1-26H;1-26H. The predicted octanol–water partition coefficient (Wildman–Crippen LogP) is 35.9. The van der Waals surface area contributed by atoms with Crippen LogP contribution in [-0.2, 0) is 0 Å². The number of aromatic nitrogens is 8. The summed E-state index contributed by atoms with van der Waals surface area (Å²) in [5.74, 6) is 0.648. The van der Waals surface area contributed by atoms with E-state index in [1.807, 2.05) is 46.9 Å². The van der Waals surface area contributed by atoms with Gasteiger partial charge in [-0.15, -0.1) is 22.7 Å². The van der Waals surface area contributed by atoms with Gasteiger partial charge >= 0.3 is 0 Å².